The van der Waals surface area contributed by atoms with E-state index in [9.17, 15) is 9.59 Å². The SMILES string of the molecule is COC(=O)C(N)Cc1ccc(OC)c(C(=O)O)c1. The Morgan fingerprint density at radius 1 is 1.39 bits per heavy atom. The van der Waals surface area contributed by atoms with Gasteiger partial charge >= 0.3 is 11.9 Å². The quantitative estimate of drug-likeness (QED) is 0.738. The topological polar surface area (TPSA) is 98.9 Å². The second-order valence-electron chi connectivity index (χ2n) is 3.67. The van der Waals surface area contributed by atoms with Gasteiger partial charge in [0.15, 0.2) is 0 Å². The summed E-state index contributed by atoms with van der Waals surface area (Å²) in [6.45, 7) is 0. The second kappa shape index (κ2) is 6.02. The zero-order chi connectivity index (χ0) is 13.7. The van der Waals surface area contributed by atoms with Gasteiger partial charge in [0.2, 0.25) is 0 Å². The number of carboxylic acids is 1. The Balaban J connectivity index is 2.95. The molecular weight excluding hydrogens is 238 g/mol. The Labute approximate surface area is 104 Å². The number of carbonyl (C=O) groups excluding carboxylic acids is 1. The van der Waals surface area contributed by atoms with E-state index in [0.29, 0.717) is 5.56 Å². The number of hydrogen-bond donors (Lipinski definition) is 2. The molecule has 1 aromatic carbocycles. The Hall–Kier alpha value is -2.08. The molecular formula is C12H15NO5. The molecule has 0 radical (unpaired) electrons. The van der Waals surface area contributed by atoms with E-state index in [1.54, 1.807) is 6.07 Å². The number of rotatable bonds is 5. The van der Waals surface area contributed by atoms with Crippen molar-refractivity contribution >= 4 is 11.9 Å². The van der Waals surface area contributed by atoms with Crippen LogP contribution in [-0.2, 0) is 16.0 Å². The van der Waals surface area contributed by atoms with E-state index >= 15 is 0 Å². The Morgan fingerprint density at radius 3 is 2.56 bits per heavy atom. The number of nitrogens with two attached hydrogens (primary N) is 1. The van der Waals surface area contributed by atoms with Gasteiger partial charge in [-0.25, -0.2) is 4.79 Å². The minimum Gasteiger partial charge on any atom is -0.496 e. The molecule has 0 bridgehead atoms. The van der Waals surface area contributed by atoms with Crippen molar-refractivity contribution < 1.29 is 24.2 Å². The highest BCUT2D eigenvalue weighted by atomic mass is 16.5. The summed E-state index contributed by atoms with van der Waals surface area (Å²) in [5, 5.41) is 9.01. The van der Waals surface area contributed by atoms with Gasteiger partial charge in [-0.2, -0.15) is 0 Å². The lowest BCUT2D eigenvalue weighted by atomic mass is 10.0. The molecule has 0 amide bonds. The van der Waals surface area contributed by atoms with Gasteiger partial charge < -0.3 is 20.3 Å². The summed E-state index contributed by atoms with van der Waals surface area (Å²) < 4.78 is 9.43. The molecule has 1 aromatic rings. The monoisotopic (exact) mass is 253 g/mol. The number of hydrogen-bond acceptors (Lipinski definition) is 5. The zero-order valence-electron chi connectivity index (χ0n) is 10.2. The predicted molar refractivity (Wildman–Crippen MR) is 63.6 cm³/mol. The number of aromatic carboxylic acids is 1. The average molecular weight is 253 g/mol. The lowest BCUT2D eigenvalue weighted by Crippen LogP contribution is -2.33. The molecule has 0 aliphatic carbocycles. The van der Waals surface area contributed by atoms with E-state index in [4.69, 9.17) is 15.6 Å². The van der Waals surface area contributed by atoms with E-state index in [0.717, 1.165) is 0 Å². The molecule has 0 saturated heterocycles. The molecule has 0 saturated carbocycles. The lowest BCUT2D eigenvalue weighted by molar-refractivity contribution is -0.142. The summed E-state index contributed by atoms with van der Waals surface area (Å²) in [7, 11) is 2.64. The van der Waals surface area contributed by atoms with Crippen LogP contribution in [0, 0.1) is 0 Å². The highest BCUT2D eigenvalue weighted by Crippen LogP contribution is 2.20. The van der Waals surface area contributed by atoms with Gasteiger partial charge in [0.1, 0.15) is 17.4 Å². The summed E-state index contributed by atoms with van der Waals surface area (Å²) in [6, 6.07) is 3.81. The van der Waals surface area contributed by atoms with E-state index in [-0.39, 0.29) is 17.7 Å². The van der Waals surface area contributed by atoms with Crippen LogP contribution in [0.1, 0.15) is 15.9 Å². The van der Waals surface area contributed by atoms with Gasteiger partial charge in [-0.3, -0.25) is 4.79 Å². The maximum Gasteiger partial charge on any atom is 0.339 e. The smallest absolute Gasteiger partial charge is 0.339 e. The fourth-order valence-electron chi connectivity index (χ4n) is 1.54. The van der Waals surface area contributed by atoms with Crippen LogP contribution in [0.4, 0.5) is 0 Å². The number of esters is 1. The van der Waals surface area contributed by atoms with Crippen LogP contribution < -0.4 is 10.5 Å². The molecule has 6 nitrogen and oxygen atoms in total. The Morgan fingerprint density at radius 2 is 2.06 bits per heavy atom. The molecule has 3 N–H and O–H groups in total. The lowest BCUT2D eigenvalue weighted by Gasteiger charge is -2.11. The number of benzene rings is 1. The van der Waals surface area contributed by atoms with E-state index < -0.39 is 18.0 Å². The molecule has 1 rings (SSSR count). The highest BCUT2D eigenvalue weighted by Gasteiger charge is 2.17. The third-order valence-corrected chi connectivity index (χ3v) is 2.45. The van der Waals surface area contributed by atoms with Crippen LogP contribution in [0.15, 0.2) is 18.2 Å². The third kappa shape index (κ3) is 3.21. The maximum atomic E-state index is 11.2. The van der Waals surface area contributed by atoms with Gasteiger partial charge in [-0.05, 0) is 24.1 Å². The minimum absolute atomic E-state index is 0.0343. The first-order chi connectivity index (χ1) is 8.49. The van der Waals surface area contributed by atoms with Crippen molar-refractivity contribution in [3.8, 4) is 5.75 Å². The fraction of sp³-hybridized carbons (Fsp3) is 0.333. The first kappa shape index (κ1) is 14.0. The summed E-state index contributed by atoms with van der Waals surface area (Å²) >= 11 is 0. The standard InChI is InChI=1S/C12H15NO5/c1-17-10-4-3-7(5-8(10)11(14)15)6-9(13)12(16)18-2/h3-5,9H,6,13H2,1-2H3,(H,14,15). The van der Waals surface area contributed by atoms with Crippen molar-refractivity contribution in [1.29, 1.82) is 0 Å². The van der Waals surface area contributed by atoms with Crippen LogP contribution in [0.25, 0.3) is 0 Å². The van der Waals surface area contributed by atoms with Crippen LogP contribution in [0.2, 0.25) is 0 Å². The number of methoxy groups -OCH3 is 2. The molecule has 1 atom stereocenters. The fourth-order valence-corrected chi connectivity index (χ4v) is 1.54. The van der Waals surface area contributed by atoms with Gasteiger partial charge in [0.25, 0.3) is 0 Å². The molecule has 0 aliphatic heterocycles. The average Bonchev–Trinajstić information content (AvgIpc) is 2.37. The van der Waals surface area contributed by atoms with E-state index in [2.05, 4.69) is 4.74 Å². The zero-order valence-corrected chi connectivity index (χ0v) is 10.2. The summed E-state index contributed by atoms with van der Waals surface area (Å²) in [6.07, 6.45) is 0.205. The van der Waals surface area contributed by atoms with E-state index in [1.165, 1.54) is 26.4 Å². The van der Waals surface area contributed by atoms with Crippen molar-refractivity contribution in [2.45, 2.75) is 12.5 Å². The Kier molecular flexibility index (Phi) is 4.67. The van der Waals surface area contributed by atoms with Crippen LogP contribution in [0.5, 0.6) is 5.75 Å². The number of ether oxygens (including phenoxy) is 2. The van der Waals surface area contributed by atoms with Crippen LogP contribution in [0.3, 0.4) is 0 Å². The summed E-state index contributed by atoms with van der Waals surface area (Å²) in [4.78, 5) is 22.2. The molecule has 1 unspecified atom stereocenters. The van der Waals surface area contributed by atoms with Crippen molar-refractivity contribution in [1.82, 2.24) is 0 Å². The molecule has 6 heteroatoms. The van der Waals surface area contributed by atoms with Gasteiger partial charge in [-0.1, -0.05) is 6.07 Å². The normalized spacial score (nSPS) is 11.7. The van der Waals surface area contributed by atoms with Gasteiger partial charge in [-0.15, -0.1) is 0 Å². The predicted octanol–water partition coefficient (Wildman–Crippen LogP) is 0.436. The van der Waals surface area contributed by atoms with Gasteiger partial charge in [0, 0.05) is 0 Å². The van der Waals surface area contributed by atoms with Crippen LogP contribution in [-0.4, -0.2) is 37.3 Å². The first-order valence-corrected chi connectivity index (χ1v) is 5.23. The number of carbonyl (C=O) groups is 2. The molecule has 0 spiro atoms. The molecule has 0 heterocycles. The van der Waals surface area contributed by atoms with Crippen molar-refractivity contribution in [3.63, 3.8) is 0 Å². The molecule has 98 valence electrons. The maximum absolute atomic E-state index is 11.2. The third-order valence-electron chi connectivity index (χ3n) is 2.45. The number of carboxylic acid groups (broad SMARTS) is 1. The minimum atomic E-state index is -1.10. The van der Waals surface area contributed by atoms with Crippen molar-refractivity contribution in [2.75, 3.05) is 14.2 Å². The van der Waals surface area contributed by atoms with E-state index in [1.807, 2.05) is 0 Å². The van der Waals surface area contributed by atoms with Gasteiger partial charge in [0.05, 0.1) is 14.2 Å². The summed E-state index contributed by atoms with van der Waals surface area (Å²) in [5.41, 5.74) is 6.27. The molecule has 0 fully saturated rings. The van der Waals surface area contributed by atoms with Crippen molar-refractivity contribution in [3.05, 3.63) is 29.3 Å². The largest absolute Gasteiger partial charge is 0.496 e. The molecule has 18 heavy (non-hydrogen) atoms. The van der Waals surface area contributed by atoms with Crippen molar-refractivity contribution in [2.24, 2.45) is 5.73 Å². The summed E-state index contributed by atoms with van der Waals surface area (Å²) in [5.74, 6) is -1.37. The second-order valence-corrected chi connectivity index (χ2v) is 3.67. The molecule has 0 aliphatic rings. The first-order valence-electron chi connectivity index (χ1n) is 5.23. The van der Waals surface area contributed by atoms with Crippen LogP contribution >= 0.6 is 0 Å². The molecule has 0 aromatic heterocycles. The Bertz CT molecular complexity index is 458. The highest BCUT2D eigenvalue weighted by molar-refractivity contribution is 5.91.